The summed E-state index contributed by atoms with van der Waals surface area (Å²) >= 11 is 0. The van der Waals surface area contributed by atoms with Gasteiger partial charge in [0, 0.05) is 12.1 Å². The van der Waals surface area contributed by atoms with Crippen molar-refractivity contribution in [2.24, 2.45) is 5.73 Å². The van der Waals surface area contributed by atoms with Crippen molar-refractivity contribution < 1.29 is 5.11 Å². The van der Waals surface area contributed by atoms with Crippen molar-refractivity contribution in [3.63, 3.8) is 0 Å². The number of phenolic OH excluding ortho intramolecular Hbond substituents is 1. The van der Waals surface area contributed by atoms with E-state index in [0.29, 0.717) is 12.3 Å². The molecule has 1 aromatic carbocycles. The van der Waals surface area contributed by atoms with Crippen LogP contribution in [0.3, 0.4) is 0 Å². The van der Waals surface area contributed by atoms with Gasteiger partial charge in [-0.2, -0.15) is 0 Å². The molecule has 3 N–H and O–H groups in total. The first-order valence-corrected chi connectivity index (χ1v) is 4.85. The molecule has 0 amide bonds. The highest BCUT2D eigenvalue weighted by molar-refractivity contribution is 5.45. The van der Waals surface area contributed by atoms with Crippen molar-refractivity contribution in [2.75, 3.05) is 0 Å². The Labute approximate surface area is 78.4 Å². The summed E-state index contributed by atoms with van der Waals surface area (Å²) in [7, 11) is 0. The second kappa shape index (κ2) is 3.38. The predicted molar refractivity (Wildman–Crippen MR) is 52.6 cm³/mol. The van der Waals surface area contributed by atoms with Gasteiger partial charge in [0.15, 0.2) is 0 Å². The summed E-state index contributed by atoms with van der Waals surface area (Å²) in [4.78, 5) is 0. The van der Waals surface area contributed by atoms with Crippen LogP contribution in [0, 0.1) is 0 Å². The fourth-order valence-electron chi connectivity index (χ4n) is 2.12. The summed E-state index contributed by atoms with van der Waals surface area (Å²) in [5.74, 6) is 0.364. The average Bonchev–Trinajstić information content (AvgIpc) is 2.18. The highest BCUT2D eigenvalue weighted by Gasteiger charge is 2.14. The molecular formula is C11H15NO. The van der Waals surface area contributed by atoms with Crippen molar-refractivity contribution in [1.29, 1.82) is 0 Å². The molecule has 0 spiro atoms. The highest BCUT2D eigenvalue weighted by Crippen LogP contribution is 2.29. The second-order valence-electron chi connectivity index (χ2n) is 3.61. The van der Waals surface area contributed by atoms with Crippen LogP contribution in [0.2, 0.25) is 0 Å². The molecule has 2 rings (SSSR count). The molecule has 0 atom stereocenters. The number of aromatic hydroxyl groups is 1. The van der Waals surface area contributed by atoms with Crippen molar-refractivity contribution in [2.45, 2.75) is 32.2 Å². The lowest BCUT2D eigenvalue weighted by Gasteiger charge is -2.19. The van der Waals surface area contributed by atoms with Gasteiger partial charge in [0.25, 0.3) is 0 Å². The fourth-order valence-corrected chi connectivity index (χ4v) is 2.12. The minimum absolute atomic E-state index is 0.364. The number of rotatable bonds is 1. The van der Waals surface area contributed by atoms with E-state index >= 15 is 0 Å². The van der Waals surface area contributed by atoms with Crippen LogP contribution in [0.1, 0.15) is 29.5 Å². The molecule has 0 aliphatic heterocycles. The zero-order valence-electron chi connectivity index (χ0n) is 7.71. The van der Waals surface area contributed by atoms with E-state index in [-0.39, 0.29) is 0 Å². The van der Waals surface area contributed by atoms with E-state index in [0.717, 1.165) is 18.4 Å². The maximum Gasteiger partial charge on any atom is 0.120 e. The second-order valence-corrected chi connectivity index (χ2v) is 3.61. The van der Waals surface area contributed by atoms with Crippen molar-refractivity contribution in [3.05, 3.63) is 28.8 Å². The van der Waals surface area contributed by atoms with Gasteiger partial charge in [-0.05, 0) is 42.9 Å². The first kappa shape index (κ1) is 8.57. The van der Waals surface area contributed by atoms with Crippen LogP contribution in [0.4, 0.5) is 0 Å². The van der Waals surface area contributed by atoms with Gasteiger partial charge in [-0.25, -0.2) is 0 Å². The molecule has 2 nitrogen and oxygen atoms in total. The van der Waals surface area contributed by atoms with Gasteiger partial charge >= 0.3 is 0 Å². The highest BCUT2D eigenvalue weighted by atomic mass is 16.3. The SMILES string of the molecule is NCc1c(O)ccc2c1CCCC2. The zero-order chi connectivity index (χ0) is 9.26. The summed E-state index contributed by atoms with van der Waals surface area (Å²) in [6.07, 6.45) is 4.71. The third-order valence-corrected chi connectivity index (χ3v) is 2.83. The van der Waals surface area contributed by atoms with E-state index in [1.807, 2.05) is 6.07 Å². The quantitative estimate of drug-likeness (QED) is 0.686. The largest absolute Gasteiger partial charge is 0.508 e. The Balaban J connectivity index is 2.52. The van der Waals surface area contributed by atoms with Crippen molar-refractivity contribution in [3.8, 4) is 5.75 Å². The van der Waals surface area contributed by atoms with E-state index in [2.05, 4.69) is 0 Å². The van der Waals surface area contributed by atoms with Crippen molar-refractivity contribution in [1.82, 2.24) is 0 Å². The lowest BCUT2D eigenvalue weighted by atomic mass is 9.88. The van der Waals surface area contributed by atoms with Gasteiger partial charge in [-0.3, -0.25) is 0 Å². The Hall–Kier alpha value is -1.02. The summed E-state index contributed by atoms with van der Waals surface area (Å²) in [6, 6.07) is 3.80. The summed E-state index contributed by atoms with van der Waals surface area (Å²) in [5.41, 5.74) is 9.25. The first-order valence-electron chi connectivity index (χ1n) is 4.85. The zero-order valence-corrected chi connectivity index (χ0v) is 7.71. The number of aryl methyl sites for hydroxylation is 1. The Morgan fingerprint density at radius 1 is 1.23 bits per heavy atom. The molecular weight excluding hydrogens is 162 g/mol. The van der Waals surface area contributed by atoms with Crippen molar-refractivity contribution >= 4 is 0 Å². The molecule has 0 bridgehead atoms. The molecule has 0 fully saturated rings. The van der Waals surface area contributed by atoms with Crippen LogP contribution in [-0.4, -0.2) is 5.11 Å². The summed E-state index contributed by atoms with van der Waals surface area (Å²) in [5, 5.41) is 9.59. The number of phenols is 1. The Morgan fingerprint density at radius 2 is 2.00 bits per heavy atom. The number of benzene rings is 1. The average molecular weight is 177 g/mol. The van der Waals surface area contributed by atoms with E-state index in [4.69, 9.17) is 5.73 Å². The Kier molecular flexibility index (Phi) is 2.23. The fraction of sp³-hybridized carbons (Fsp3) is 0.455. The van der Waals surface area contributed by atoms with Crippen LogP contribution in [0.15, 0.2) is 12.1 Å². The molecule has 0 unspecified atom stereocenters. The summed E-state index contributed by atoms with van der Waals surface area (Å²) < 4.78 is 0. The number of hydrogen-bond acceptors (Lipinski definition) is 2. The van der Waals surface area contributed by atoms with Crippen LogP contribution in [-0.2, 0) is 19.4 Å². The molecule has 1 aliphatic carbocycles. The van der Waals surface area contributed by atoms with Gasteiger partial charge < -0.3 is 10.8 Å². The molecule has 70 valence electrons. The van der Waals surface area contributed by atoms with Gasteiger partial charge in [-0.15, -0.1) is 0 Å². The van der Waals surface area contributed by atoms with E-state index in [9.17, 15) is 5.11 Å². The maximum absolute atomic E-state index is 9.59. The standard InChI is InChI=1S/C11H15NO/c12-7-10-9-4-2-1-3-8(9)5-6-11(10)13/h5-6,13H,1-4,7,12H2. The summed E-state index contributed by atoms with van der Waals surface area (Å²) in [6.45, 7) is 0.453. The molecule has 0 radical (unpaired) electrons. The molecule has 0 heterocycles. The molecule has 0 aromatic heterocycles. The first-order chi connectivity index (χ1) is 6.33. The van der Waals surface area contributed by atoms with E-state index < -0.39 is 0 Å². The lowest BCUT2D eigenvalue weighted by molar-refractivity contribution is 0.465. The predicted octanol–water partition coefficient (Wildman–Crippen LogP) is 1.73. The van der Waals surface area contributed by atoms with Crippen LogP contribution in [0.25, 0.3) is 0 Å². The Morgan fingerprint density at radius 3 is 2.77 bits per heavy atom. The minimum Gasteiger partial charge on any atom is -0.508 e. The lowest BCUT2D eigenvalue weighted by Crippen LogP contribution is -2.09. The van der Waals surface area contributed by atoms with E-state index in [1.165, 1.54) is 24.0 Å². The third kappa shape index (κ3) is 1.42. The van der Waals surface area contributed by atoms with E-state index in [1.54, 1.807) is 6.07 Å². The van der Waals surface area contributed by atoms with Gasteiger partial charge in [-0.1, -0.05) is 6.07 Å². The number of hydrogen-bond donors (Lipinski definition) is 2. The number of fused-ring (bicyclic) bond motifs is 1. The van der Waals surface area contributed by atoms with Crippen LogP contribution < -0.4 is 5.73 Å². The number of nitrogens with two attached hydrogens (primary N) is 1. The molecule has 0 saturated carbocycles. The molecule has 13 heavy (non-hydrogen) atoms. The smallest absolute Gasteiger partial charge is 0.120 e. The van der Waals surface area contributed by atoms with Gasteiger partial charge in [0.05, 0.1) is 0 Å². The third-order valence-electron chi connectivity index (χ3n) is 2.83. The Bertz CT molecular complexity index is 320. The van der Waals surface area contributed by atoms with Crippen LogP contribution in [0.5, 0.6) is 5.75 Å². The molecule has 0 saturated heterocycles. The van der Waals surface area contributed by atoms with Crippen LogP contribution >= 0.6 is 0 Å². The van der Waals surface area contributed by atoms with Gasteiger partial charge in [0.1, 0.15) is 5.75 Å². The molecule has 1 aromatic rings. The maximum atomic E-state index is 9.59. The van der Waals surface area contributed by atoms with Gasteiger partial charge in [0.2, 0.25) is 0 Å². The normalized spacial score (nSPS) is 15.5. The minimum atomic E-state index is 0.364. The molecule has 2 heteroatoms. The topological polar surface area (TPSA) is 46.2 Å². The monoisotopic (exact) mass is 177 g/mol. The molecule has 1 aliphatic rings.